The number of anilines is 1. The number of alkyl carbamates (subject to hydrolysis) is 1. The highest BCUT2D eigenvalue weighted by molar-refractivity contribution is 5.68. The van der Waals surface area contributed by atoms with E-state index in [0.717, 1.165) is 10.3 Å². The maximum atomic E-state index is 11.8. The Bertz CT molecular complexity index is 505. The van der Waals surface area contributed by atoms with Gasteiger partial charge < -0.3 is 15.3 Å². The molecule has 0 bridgehead atoms. The van der Waals surface area contributed by atoms with Crippen LogP contribution >= 0.6 is 0 Å². The van der Waals surface area contributed by atoms with E-state index in [0.29, 0.717) is 18.9 Å². The van der Waals surface area contributed by atoms with Gasteiger partial charge >= 0.3 is 6.09 Å². The van der Waals surface area contributed by atoms with Gasteiger partial charge in [-0.1, -0.05) is 0 Å². The van der Waals surface area contributed by atoms with Crippen molar-refractivity contribution in [2.75, 3.05) is 18.0 Å². The third-order valence-electron chi connectivity index (χ3n) is 2.97. The molecule has 1 N–H and O–H groups in total. The fourth-order valence-electron chi connectivity index (χ4n) is 2.05. The largest absolute Gasteiger partial charge is 0.711 e. The number of nitrogens with one attached hydrogen (secondary N) is 1. The number of ether oxygens (including phenoxy) is 1. The maximum absolute atomic E-state index is 11.8. The lowest BCUT2D eigenvalue weighted by Gasteiger charge is -2.35. The zero-order valence-electron chi connectivity index (χ0n) is 12.3. The Morgan fingerprint density at radius 2 is 2.10 bits per heavy atom. The molecule has 1 amide bonds. The zero-order chi connectivity index (χ0) is 14.9. The van der Waals surface area contributed by atoms with Crippen LogP contribution < -0.4 is 14.9 Å². The molecule has 2 rings (SSSR count). The molecular weight excluding hydrogens is 258 g/mol. The number of carbonyl (C=O) groups is 1. The van der Waals surface area contributed by atoms with E-state index >= 15 is 0 Å². The molecule has 1 aliphatic heterocycles. The average Bonchev–Trinajstić information content (AvgIpc) is 2.21. The van der Waals surface area contributed by atoms with Gasteiger partial charge in [-0.2, -0.15) is 0 Å². The van der Waals surface area contributed by atoms with Crippen molar-refractivity contribution in [2.45, 2.75) is 39.3 Å². The van der Waals surface area contributed by atoms with Crippen molar-refractivity contribution in [1.29, 1.82) is 0 Å². The number of aromatic nitrogens is 1. The van der Waals surface area contributed by atoms with Gasteiger partial charge in [-0.25, -0.2) is 9.52 Å². The Morgan fingerprint density at radius 1 is 1.45 bits per heavy atom. The monoisotopic (exact) mass is 279 g/mol. The van der Waals surface area contributed by atoms with Crippen molar-refractivity contribution in [2.24, 2.45) is 0 Å². The smallest absolute Gasteiger partial charge is 0.408 e. The van der Waals surface area contributed by atoms with Crippen LogP contribution in [0.2, 0.25) is 0 Å². The maximum Gasteiger partial charge on any atom is 0.408 e. The van der Waals surface area contributed by atoms with Crippen LogP contribution in [0.15, 0.2) is 18.3 Å². The lowest BCUT2D eigenvalue weighted by Crippen LogP contribution is -2.62. The molecule has 0 saturated carbocycles. The van der Waals surface area contributed by atoms with Gasteiger partial charge in [-0.15, -0.1) is 0 Å². The first-order valence-electron chi connectivity index (χ1n) is 6.69. The van der Waals surface area contributed by atoms with Crippen LogP contribution in [0.1, 0.15) is 26.3 Å². The molecule has 20 heavy (non-hydrogen) atoms. The number of aryl methyl sites for hydroxylation is 1. The molecule has 0 radical (unpaired) electrons. The van der Waals surface area contributed by atoms with E-state index < -0.39 is 11.7 Å². The number of amides is 1. The molecule has 0 atom stereocenters. The van der Waals surface area contributed by atoms with E-state index in [1.54, 1.807) is 12.3 Å². The molecule has 2 heterocycles. The normalized spacial score (nSPS) is 15.7. The van der Waals surface area contributed by atoms with Crippen molar-refractivity contribution in [1.82, 2.24) is 5.32 Å². The van der Waals surface area contributed by atoms with Gasteiger partial charge in [0, 0.05) is 6.07 Å². The molecule has 1 aromatic heterocycles. The van der Waals surface area contributed by atoms with E-state index in [2.05, 4.69) is 5.32 Å². The van der Waals surface area contributed by atoms with E-state index in [1.807, 2.05) is 38.7 Å². The predicted octanol–water partition coefficient (Wildman–Crippen LogP) is 1.34. The summed E-state index contributed by atoms with van der Waals surface area (Å²) in [4.78, 5) is 13.5. The number of rotatable bonds is 2. The van der Waals surface area contributed by atoms with Crippen molar-refractivity contribution in [3.63, 3.8) is 0 Å². The van der Waals surface area contributed by atoms with Crippen LogP contribution in [0.5, 0.6) is 0 Å². The Morgan fingerprint density at radius 3 is 2.65 bits per heavy atom. The first-order valence-corrected chi connectivity index (χ1v) is 6.69. The van der Waals surface area contributed by atoms with E-state index in [4.69, 9.17) is 4.74 Å². The Hall–Kier alpha value is -1.98. The van der Waals surface area contributed by atoms with Gasteiger partial charge in [-0.3, -0.25) is 4.90 Å². The molecule has 6 heteroatoms. The number of nitrogens with zero attached hydrogens (tertiary/aromatic N) is 2. The van der Waals surface area contributed by atoms with Gasteiger partial charge in [0.15, 0.2) is 0 Å². The number of carbonyl (C=O) groups excluding carboxylic acids is 1. The van der Waals surface area contributed by atoms with E-state index in [9.17, 15) is 10.0 Å². The van der Waals surface area contributed by atoms with Gasteiger partial charge in [0.2, 0.25) is 0 Å². The highest BCUT2D eigenvalue weighted by atomic mass is 16.6. The van der Waals surface area contributed by atoms with Crippen molar-refractivity contribution >= 4 is 11.9 Å². The van der Waals surface area contributed by atoms with Crippen LogP contribution in [0, 0.1) is 12.1 Å². The summed E-state index contributed by atoms with van der Waals surface area (Å²) in [6, 6.07) is 3.72. The summed E-state index contributed by atoms with van der Waals surface area (Å²) in [5.74, 6) is 0.609. The second-order valence-electron chi connectivity index (χ2n) is 6.14. The van der Waals surface area contributed by atoms with Crippen molar-refractivity contribution in [3.05, 3.63) is 29.1 Å². The van der Waals surface area contributed by atoms with Gasteiger partial charge in [0.05, 0.1) is 6.20 Å². The molecule has 0 aromatic carbocycles. The second kappa shape index (κ2) is 5.19. The molecule has 6 nitrogen and oxygen atoms in total. The summed E-state index contributed by atoms with van der Waals surface area (Å²) >= 11 is 0. The Kier molecular flexibility index (Phi) is 3.74. The van der Waals surface area contributed by atoms with Gasteiger partial charge in [-0.05, 0) is 39.3 Å². The molecule has 110 valence electrons. The molecule has 1 saturated heterocycles. The number of hydrogen-bond donors (Lipinski definition) is 1. The van der Waals surface area contributed by atoms with Gasteiger partial charge in [0.1, 0.15) is 24.7 Å². The second-order valence-corrected chi connectivity index (χ2v) is 6.14. The number of hydrogen-bond acceptors (Lipinski definition) is 4. The zero-order valence-corrected chi connectivity index (χ0v) is 12.3. The number of pyridine rings is 1. The van der Waals surface area contributed by atoms with Crippen molar-refractivity contribution in [3.8, 4) is 0 Å². The molecule has 0 spiro atoms. The SMILES string of the molecule is Cc1ccc(N2CC(NC(=O)OC(C)(C)C)C2)[n+]([O-])c1. The highest BCUT2D eigenvalue weighted by Crippen LogP contribution is 2.17. The van der Waals surface area contributed by atoms with E-state index in [1.165, 1.54) is 0 Å². The molecule has 0 aliphatic carbocycles. The fourth-order valence-corrected chi connectivity index (χ4v) is 2.05. The first kappa shape index (κ1) is 14.4. The molecule has 1 aromatic rings. The summed E-state index contributed by atoms with van der Waals surface area (Å²) in [7, 11) is 0. The Labute approximate surface area is 118 Å². The standard InChI is InChI=1S/C14H21N3O3/c1-10-5-6-12(17(19)7-10)16-8-11(9-16)15-13(18)20-14(2,3)4/h5-7,11H,8-9H2,1-4H3,(H,15,18). The molecule has 0 unspecified atom stereocenters. The lowest BCUT2D eigenvalue weighted by molar-refractivity contribution is -0.593. The third-order valence-corrected chi connectivity index (χ3v) is 2.97. The van der Waals surface area contributed by atoms with Gasteiger partial charge in [0.25, 0.3) is 5.82 Å². The van der Waals surface area contributed by atoms with Crippen LogP contribution in [0.25, 0.3) is 0 Å². The van der Waals surface area contributed by atoms with Crippen molar-refractivity contribution < 1.29 is 14.3 Å². The van der Waals surface area contributed by atoms with Crippen LogP contribution in [0.3, 0.4) is 0 Å². The lowest BCUT2D eigenvalue weighted by atomic mass is 10.1. The quantitative estimate of drug-likeness (QED) is 0.655. The topological polar surface area (TPSA) is 68.5 Å². The summed E-state index contributed by atoms with van der Waals surface area (Å²) in [6.07, 6.45) is 1.13. The predicted molar refractivity (Wildman–Crippen MR) is 75.5 cm³/mol. The minimum atomic E-state index is -0.498. The summed E-state index contributed by atoms with van der Waals surface area (Å²) < 4.78 is 6.05. The Balaban J connectivity index is 1.84. The van der Waals surface area contributed by atoms with E-state index in [-0.39, 0.29) is 6.04 Å². The third kappa shape index (κ3) is 3.53. The minimum absolute atomic E-state index is 0.0196. The van der Waals surface area contributed by atoms with Crippen LogP contribution in [-0.4, -0.2) is 30.8 Å². The van der Waals surface area contributed by atoms with Crippen LogP contribution in [0.4, 0.5) is 10.6 Å². The average molecular weight is 279 g/mol. The highest BCUT2D eigenvalue weighted by Gasteiger charge is 2.36. The summed E-state index contributed by atoms with van der Waals surface area (Å²) in [5.41, 5.74) is 0.426. The molecule has 1 aliphatic rings. The first-order chi connectivity index (χ1) is 9.24. The summed E-state index contributed by atoms with van der Waals surface area (Å²) in [5, 5.41) is 14.5. The van der Waals surface area contributed by atoms with Crippen LogP contribution in [-0.2, 0) is 4.74 Å². The summed E-state index contributed by atoms with van der Waals surface area (Å²) in [6.45, 7) is 8.58. The fraction of sp³-hybridized carbons (Fsp3) is 0.571. The molecular formula is C14H21N3O3. The minimum Gasteiger partial charge on any atom is -0.711 e. The molecule has 1 fully saturated rings.